The van der Waals surface area contributed by atoms with Crippen LogP contribution in [-0.2, 0) is 28.5 Å². The van der Waals surface area contributed by atoms with Gasteiger partial charge in [0.1, 0.15) is 18.7 Å². The quantitative estimate of drug-likeness (QED) is 0.171. The third-order valence-corrected chi connectivity index (χ3v) is 3.69. The zero-order valence-corrected chi connectivity index (χ0v) is 17.6. The number of rotatable bonds is 8. The topological polar surface area (TPSA) is 137 Å². The summed E-state index contributed by atoms with van der Waals surface area (Å²) >= 11 is 0. The molecule has 0 saturated carbocycles. The van der Waals surface area contributed by atoms with Gasteiger partial charge < -0.3 is 29.6 Å². The summed E-state index contributed by atoms with van der Waals surface area (Å²) in [6, 6.07) is -1.09. The normalized spacial score (nSPS) is 21.9. The third kappa shape index (κ3) is 8.92. The predicted molar refractivity (Wildman–Crippen MR) is 104 cm³/mol. The molecule has 1 aliphatic carbocycles. The summed E-state index contributed by atoms with van der Waals surface area (Å²) in [7, 11) is 2.75. The van der Waals surface area contributed by atoms with Gasteiger partial charge in [0.15, 0.2) is 0 Å². The maximum Gasteiger partial charge on any atom is 0.428 e. The zero-order valence-electron chi connectivity index (χ0n) is 17.6. The van der Waals surface area contributed by atoms with Crippen LogP contribution in [-0.4, -0.2) is 69.1 Å². The van der Waals surface area contributed by atoms with E-state index in [1.807, 2.05) is 0 Å². The SMILES string of the molecule is COCO[C@H]1CC(C(=O)OC)=C[C@@H](NC=NNC(=O)OC(C)(C)C)[C@H]1NC(C)=O. The maximum absolute atomic E-state index is 12.0. The van der Waals surface area contributed by atoms with Crippen LogP contribution in [0, 0.1) is 0 Å². The van der Waals surface area contributed by atoms with Crippen LogP contribution in [0.25, 0.3) is 0 Å². The van der Waals surface area contributed by atoms with E-state index in [2.05, 4.69) is 21.2 Å². The molecule has 11 nitrogen and oxygen atoms in total. The largest absolute Gasteiger partial charge is 0.466 e. The van der Waals surface area contributed by atoms with Crippen molar-refractivity contribution in [2.45, 2.75) is 57.9 Å². The Kier molecular flexibility index (Phi) is 9.56. The van der Waals surface area contributed by atoms with Gasteiger partial charge in [0, 0.05) is 26.0 Å². The Balaban J connectivity index is 2.92. The van der Waals surface area contributed by atoms with Gasteiger partial charge in [-0.05, 0) is 26.8 Å². The fraction of sp³-hybridized carbons (Fsp3) is 0.667. The van der Waals surface area contributed by atoms with Gasteiger partial charge in [-0.25, -0.2) is 15.0 Å². The van der Waals surface area contributed by atoms with Crippen LogP contribution in [0.2, 0.25) is 0 Å². The Hall–Kier alpha value is -2.66. The molecular weight excluding hydrogens is 384 g/mol. The fourth-order valence-electron chi connectivity index (χ4n) is 2.64. The van der Waals surface area contributed by atoms with Crippen molar-refractivity contribution in [2.24, 2.45) is 5.10 Å². The summed E-state index contributed by atoms with van der Waals surface area (Å²) in [5.74, 6) is -0.778. The average Bonchev–Trinajstić information content (AvgIpc) is 2.62. The van der Waals surface area contributed by atoms with Crippen LogP contribution in [0.5, 0.6) is 0 Å². The van der Waals surface area contributed by atoms with Crippen LogP contribution in [0.4, 0.5) is 4.79 Å². The second-order valence-corrected chi connectivity index (χ2v) is 7.29. The molecule has 0 heterocycles. The van der Waals surface area contributed by atoms with E-state index in [-0.39, 0.29) is 19.1 Å². The Labute approximate surface area is 170 Å². The first kappa shape index (κ1) is 24.4. The molecule has 2 amide bonds. The monoisotopic (exact) mass is 414 g/mol. The van der Waals surface area contributed by atoms with Crippen LogP contribution < -0.4 is 16.1 Å². The van der Waals surface area contributed by atoms with Crippen LogP contribution in [0.1, 0.15) is 34.1 Å². The first-order chi connectivity index (χ1) is 13.6. The van der Waals surface area contributed by atoms with Crippen molar-refractivity contribution >= 4 is 24.3 Å². The summed E-state index contributed by atoms with van der Waals surface area (Å²) in [5.41, 5.74) is 1.94. The van der Waals surface area contributed by atoms with Gasteiger partial charge in [-0.3, -0.25) is 4.79 Å². The number of carbonyl (C=O) groups is 3. The molecule has 1 rings (SSSR count). The third-order valence-electron chi connectivity index (χ3n) is 3.69. The van der Waals surface area contributed by atoms with Crippen molar-refractivity contribution in [3.05, 3.63) is 11.6 Å². The van der Waals surface area contributed by atoms with E-state index in [9.17, 15) is 14.4 Å². The lowest BCUT2D eigenvalue weighted by Gasteiger charge is -2.36. The van der Waals surface area contributed by atoms with E-state index >= 15 is 0 Å². The highest BCUT2D eigenvalue weighted by Gasteiger charge is 2.36. The predicted octanol–water partition coefficient (Wildman–Crippen LogP) is 0.410. The van der Waals surface area contributed by atoms with Crippen LogP contribution in [0.15, 0.2) is 16.8 Å². The average molecular weight is 414 g/mol. The van der Waals surface area contributed by atoms with Gasteiger partial charge >= 0.3 is 12.1 Å². The molecule has 0 unspecified atom stereocenters. The first-order valence-electron chi connectivity index (χ1n) is 9.00. The number of amides is 2. The lowest BCUT2D eigenvalue weighted by Crippen LogP contribution is -2.57. The molecule has 0 aromatic heterocycles. The van der Waals surface area contributed by atoms with Crippen LogP contribution >= 0.6 is 0 Å². The second kappa shape index (κ2) is 11.4. The number of carbonyl (C=O) groups excluding carboxylic acids is 3. The molecule has 0 aromatic rings. The number of hydrazone groups is 1. The van der Waals surface area contributed by atoms with Gasteiger partial charge in [-0.2, -0.15) is 5.10 Å². The molecule has 0 aliphatic heterocycles. The minimum atomic E-state index is -0.718. The molecule has 0 bridgehead atoms. The molecule has 0 aromatic carbocycles. The highest BCUT2D eigenvalue weighted by atomic mass is 16.7. The molecule has 0 spiro atoms. The summed E-state index contributed by atoms with van der Waals surface area (Å²) < 4.78 is 20.4. The van der Waals surface area contributed by atoms with E-state index in [1.165, 1.54) is 27.5 Å². The second-order valence-electron chi connectivity index (χ2n) is 7.29. The lowest BCUT2D eigenvalue weighted by molar-refractivity contribution is -0.138. The lowest BCUT2D eigenvalue weighted by atomic mass is 9.88. The minimum absolute atomic E-state index is 0.0176. The van der Waals surface area contributed by atoms with E-state index < -0.39 is 35.9 Å². The molecule has 1 aliphatic rings. The Morgan fingerprint density at radius 2 is 1.97 bits per heavy atom. The van der Waals surface area contributed by atoms with E-state index in [1.54, 1.807) is 26.8 Å². The van der Waals surface area contributed by atoms with Gasteiger partial charge in [0.2, 0.25) is 5.91 Å². The van der Waals surface area contributed by atoms with Gasteiger partial charge in [0.05, 0.1) is 25.3 Å². The molecular formula is C18H30N4O7. The molecule has 3 N–H and O–H groups in total. The summed E-state index contributed by atoms with van der Waals surface area (Å²) in [5, 5.41) is 9.48. The number of methoxy groups -OCH3 is 2. The highest BCUT2D eigenvalue weighted by molar-refractivity contribution is 5.89. The van der Waals surface area contributed by atoms with Crippen molar-refractivity contribution in [1.82, 2.24) is 16.1 Å². The van der Waals surface area contributed by atoms with Crippen molar-refractivity contribution < 1.29 is 33.3 Å². The van der Waals surface area contributed by atoms with Crippen molar-refractivity contribution in [3.8, 4) is 0 Å². The van der Waals surface area contributed by atoms with Crippen molar-refractivity contribution in [1.29, 1.82) is 0 Å². The summed E-state index contributed by atoms with van der Waals surface area (Å²) in [4.78, 5) is 35.3. The number of hydrogen-bond donors (Lipinski definition) is 3. The van der Waals surface area contributed by atoms with Crippen molar-refractivity contribution in [2.75, 3.05) is 21.0 Å². The number of hydrogen-bond acceptors (Lipinski definition) is 8. The molecule has 0 saturated heterocycles. The smallest absolute Gasteiger partial charge is 0.428 e. The number of esters is 1. The molecule has 164 valence electrons. The standard InChI is InChI=1S/C18H30N4O7/c1-11(23)21-15-13(19-9-20-22-17(25)29-18(2,3)4)7-12(16(24)27-6)8-14(15)28-10-26-5/h7,9,13-15H,8,10H2,1-6H3,(H,19,20)(H,21,23)(H,22,25)/t13-,14+,15-/m1/s1. The summed E-state index contributed by atoms with van der Waals surface area (Å²) in [6.07, 6.45) is 1.81. The molecule has 29 heavy (non-hydrogen) atoms. The summed E-state index contributed by atoms with van der Waals surface area (Å²) in [6.45, 7) is 6.55. The molecule has 11 heteroatoms. The molecule has 3 atom stereocenters. The first-order valence-corrected chi connectivity index (χ1v) is 9.00. The Morgan fingerprint density at radius 1 is 1.28 bits per heavy atom. The highest BCUT2D eigenvalue weighted by Crippen LogP contribution is 2.23. The number of ether oxygens (including phenoxy) is 4. The fourth-order valence-corrected chi connectivity index (χ4v) is 2.64. The number of nitrogens with zero attached hydrogens (tertiary/aromatic N) is 1. The van der Waals surface area contributed by atoms with E-state index in [0.29, 0.717) is 5.57 Å². The minimum Gasteiger partial charge on any atom is -0.466 e. The Bertz CT molecular complexity index is 643. The van der Waals surface area contributed by atoms with E-state index in [0.717, 1.165) is 0 Å². The maximum atomic E-state index is 12.0. The molecule has 0 fully saturated rings. The van der Waals surface area contributed by atoms with Gasteiger partial charge in [-0.15, -0.1) is 0 Å². The van der Waals surface area contributed by atoms with Gasteiger partial charge in [0.25, 0.3) is 0 Å². The van der Waals surface area contributed by atoms with Gasteiger partial charge in [-0.1, -0.05) is 0 Å². The number of nitrogens with one attached hydrogen (secondary N) is 3. The molecule has 0 radical (unpaired) electrons. The zero-order chi connectivity index (χ0) is 22.0. The van der Waals surface area contributed by atoms with Crippen molar-refractivity contribution in [3.63, 3.8) is 0 Å². The van der Waals surface area contributed by atoms with E-state index in [4.69, 9.17) is 18.9 Å². The van der Waals surface area contributed by atoms with Crippen LogP contribution in [0.3, 0.4) is 0 Å². The Morgan fingerprint density at radius 3 is 2.52 bits per heavy atom.